The van der Waals surface area contributed by atoms with Crippen molar-refractivity contribution >= 4 is 21.6 Å². The van der Waals surface area contributed by atoms with E-state index in [0.29, 0.717) is 12.0 Å². The molecular formula is C13H17BrN2. The van der Waals surface area contributed by atoms with E-state index in [4.69, 9.17) is 5.73 Å². The lowest BCUT2D eigenvalue weighted by atomic mass is 9.75. The van der Waals surface area contributed by atoms with Crippen LogP contribution in [0.25, 0.3) is 0 Å². The molecule has 0 saturated heterocycles. The van der Waals surface area contributed by atoms with Gasteiger partial charge in [-0.25, -0.2) is 0 Å². The number of hydrogen-bond donors (Lipinski definition) is 2. The molecule has 16 heavy (non-hydrogen) atoms. The first-order chi connectivity index (χ1) is 7.77. The van der Waals surface area contributed by atoms with Crippen molar-refractivity contribution in [2.24, 2.45) is 11.7 Å². The highest BCUT2D eigenvalue weighted by atomic mass is 79.9. The standard InChI is InChI=1S/C13H17BrN2/c14-10-6-3-5-9-12(15)8-4-1-2-7-11(8)16-13(9)10/h3,5-6,8,11-12,16H,1-2,4,7,15H2. The molecule has 0 radical (unpaired) electrons. The van der Waals surface area contributed by atoms with Crippen LogP contribution in [-0.4, -0.2) is 6.04 Å². The van der Waals surface area contributed by atoms with Crippen LogP contribution in [0.5, 0.6) is 0 Å². The van der Waals surface area contributed by atoms with Crippen molar-refractivity contribution in [1.29, 1.82) is 0 Å². The third kappa shape index (κ3) is 1.57. The molecule has 2 aliphatic rings. The van der Waals surface area contributed by atoms with Gasteiger partial charge in [-0.05, 0) is 46.3 Å². The number of hydrogen-bond acceptors (Lipinski definition) is 2. The molecule has 3 atom stereocenters. The summed E-state index contributed by atoms with van der Waals surface area (Å²) in [7, 11) is 0. The Bertz CT molecular complexity index is 405. The molecule has 1 aromatic carbocycles. The fourth-order valence-corrected chi connectivity index (χ4v) is 3.65. The molecule has 1 fully saturated rings. The van der Waals surface area contributed by atoms with Gasteiger partial charge in [0.25, 0.3) is 0 Å². The summed E-state index contributed by atoms with van der Waals surface area (Å²) in [5.74, 6) is 0.621. The molecule has 1 saturated carbocycles. The van der Waals surface area contributed by atoms with Crippen LogP contribution in [0.3, 0.4) is 0 Å². The highest BCUT2D eigenvalue weighted by molar-refractivity contribution is 9.10. The average molecular weight is 281 g/mol. The van der Waals surface area contributed by atoms with E-state index in [9.17, 15) is 0 Å². The second-order valence-electron chi connectivity index (χ2n) is 4.93. The van der Waals surface area contributed by atoms with Crippen LogP contribution in [0, 0.1) is 5.92 Å². The number of para-hydroxylation sites is 1. The number of halogens is 1. The van der Waals surface area contributed by atoms with Gasteiger partial charge in [0.15, 0.2) is 0 Å². The first-order valence-electron chi connectivity index (χ1n) is 6.08. The molecule has 1 aliphatic carbocycles. The topological polar surface area (TPSA) is 38.0 Å². The number of nitrogens with one attached hydrogen (secondary N) is 1. The van der Waals surface area contributed by atoms with E-state index in [1.165, 1.54) is 36.9 Å². The molecule has 3 N–H and O–H groups in total. The van der Waals surface area contributed by atoms with Crippen LogP contribution in [0.1, 0.15) is 37.3 Å². The van der Waals surface area contributed by atoms with Crippen molar-refractivity contribution in [2.45, 2.75) is 37.8 Å². The summed E-state index contributed by atoms with van der Waals surface area (Å²) in [4.78, 5) is 0. The number of anilines is 1. The van der Waals surface area contributed by atoms with Gasteiger partial charge in [-0.3, -0.25) is 0 Å². The number of rotatable bonds is 0. The number of fused-ring (bicyclic) bond motifs is 2. The first kappa shape index (κ1) is 10.6. The van der Waals surface area contributed by atoms with Crippen LogP contribution >= 0.6 is 15.9 Å². The summed E-state index contributed by atoms with van der Waals surface area (Å²) < 4.78 is 1.14. The molecular weight excluding hydrogens is 264 g/mol. The zero-order valence-corrected chi connectivity index (χ0v) is 10.8. The van der Waals surface area contributed by atoms with Crippen molar-refractivity contribution < 1.29 is 0 Å². The Balaban J connectivity index is 2.03. The summed E-state index contributed by atoms with van der Waals surface area (Å²) in [5, 5.41) is 3.67. The van der Waals surface area contributed by atoms with Crippen molar-refractivity contribution in [1.82, 2.24) is 0 Å². The molecule has 1 heterocycles. The Morgan fingerprint density at radius 2 is 2.06 bits per heavy atom. The van der Waals surface area contributed by atoms with E-state index in [0.717, 1.165) is 4.47 Å². The minimum Gasteiger partial charge on any atom is -0.381 e. The van der Waals surface area contributed by atoms with Crippen LogP contribution in [-0.2, 0) is 0 Å². The smallest absolute Gasteiger partial charge is 0.0535 e. The highest BCUT2D eigenvalue weighted by Crippen LogP contribution is 2.44. The van der Waals surface area contributed by atoms with Crippen LogP contribution in [0.2, 0.25) is 0 Å². The maximum absolute atomic E-state index is 6.41. The average Bonchev–Trinajstić information content (AvgIpc) is 2.31. The van der Waals surface area contributed by atoms with E-state index in [1.807, 2.05) is 0 Å². The zero-order valence-electron chi connectivity index (χ0n) is 9.25. The Morgan fingerprint density at radius 1 is 1.25 bits per heavy atom. The minimum atomic E-state index is 0.207. The van der Waals surface area contributed by atoms with E-state index in [1.54, 1.807) is 0 Å². The van der Waals surface area contributed by atoms with Gasteiger partial charge < -0.3 is 11.1 Å². The molecule has 3 heteroatoms. The summed E-state index contributed by atoms with van der Waals surface area (Å²) in [6.07, 6.45) is 5.20. The fourth-order valence-electron chi connectivity index (χ4n) is 3.16. The largest absolute Gasteiger partial charge is 0.381 e. The monoisotopic (exact) mass is 280 g/mol. The van der Waals surface area contributed by atoms with Gasteiger partial charge in [0, 0.05) is 16.6 Å². The van der Waals surface area contributed by atoms with Crippen LogP contribution in [0.15, 0.2) is 22.7 Å². The van der Waals surface area contributed by atoms with Gasteiger partial charge in [-0.1, -0.05) is 25.0 Å². The molecule has 1 aliphatic heterocycles. The maximum Gasteiger partial charge on any atom is 0.0535 e. The van der Waals surface area contributed by atoms with E-state index in [2.05, 4.69) is 39.4 Å². The molecule has 2 nitrogen and oxygen atoms in total. The third-order valence-electron chi connectivity index (χ3n) is 4.02. The van der Waals surface area contributed by atoms with Gasteiger partial charge in [-0.2, -0.15) is 0 Å². The SMILES string of the molecule is NC1c2cccc(Br)c2NC2CCCCC21. The molecule has 0 spiro atoms. The maximum atomic E-state index is 6.41. The molecule has 3 rings (SSSR count). The lowest BCUT2D eigenvalue weighted by Gasteiger charge is -2.42. The molecule has 0 amide bonds. The first-order valence-corrected chi connectivity index (χ1v) is 6.87. The Morgan fingerprint density at radius 3 is 2.94 bits per heavy atom. The van der Waals surface area contributed by atoms with Crippen molar-refractivity contribution in [2.75, 3.05) is 5.32 Å². The highest BCUT2D eigenvalue weighted by Gasteiger charge is 2.36. The molecule has 1 aromatic rings. The second kappa shape index (κ2) is 4.04. The number of benzene rings is 1. The minimum absolute atomic E-state index is 0.207. The second-order valence-corrected chi connectivity index (χ2v) is 5.78. The lowest BCUT2D eigenvalue weighted by molar-refractivity contribution is 0.271. The van der Waals surface area contributed by atoms with Gasteiger partial charge >= 0.3 is 0 Å². The van der Waals surface area contributed by atoms with E-state index in [-0.39, 0.29) is 6.04 Å². The predicted molar refractivity (Wildman–Crippen MR) is 70.4 cm³/mol. The Hall–Kier alpha value is -0.540. The van der Waals surface area contributed by atoms with E-state index >= 15 is 0 Å². The van der Waals surface area contributed by atoms with Crippen LogP contribution in [0.4, 0.5) is 5.69 Å². The van der Waals surface area contributed by atoms with Gasteiger partial charge in [0.05, 0.1) is 5.69 Å². The van der Waals surface area contributed by atoms with Crippen molar-refractivity contribution in [3.63, 3.8) is 0 Å². The predicted octanol–water partition coefficient (Wildman–Crippen LogP) is 3.43. The summed E-state index contributed by atoms with van der Waals surface area (Å²) >= 11 is 3.61. The lowest BCUT2D eigenvalue weighted by Crippen LogP contribution is -2.43. The summed E-state index contributed by atoms with van der Waals surface area (Å²) in [5.41, 5.74) is 8.91. The zero-order chi connectivity index (χ0) is 11.1. The normalized spacial score (nSPS) is 32.5. The van der Waals surface area contributed by atoms with Crippen LogP contribution < -0.4 is 11.1 Å². The summed E-state index contributed by atoms with van der Waals surface area (Å²) in [6.45, 7) is 0. The number of nitrogens with two attached hydrogens (primary N) is 1. The van der Waals surface area contributed by atoms with E-state index < -0.39 is 0 Å². The van der Waals surface area contributed by atoms with Gasteiger partial charge in [0.2, 0.25) is 0 Å². The molecule has 86 valence electrons. The Labute approximate surface area is 105 Å². The quantitative estimate of drug-likeness (QED) is 0.764. The van der Waals surface area contributed by atoms with Gasteiger partial charge in [0.1, 0.15) is 0 Å². The van der Waals surface area contributed by atoms with Crippen molar-refractivity contribution in [3.8, 4) is 0 Å². The molecule has 0 bridgehead atoms. The molecule has 0 aromatic heterocycles. The summed E-state index contributed by atoms with van der Waals surface area (Å²) in [6, 6.07) is 7.10. The van der Waals surface area contributed by atoms with Gasteiger partial charge in [-0.15, -0.1) is 0 Å². The van der Waals surface area contributed by atoms with Crippen molar-refractivity contribution in [3.05, 3.63) is 28.2 Å². The molecule has 3 unspecified atom stereocenters. The Kier molecular flexibility index (Phi) is 2.68. The third-order valence-corrected chi connectivity index (χ3v) is 4.68. The fraction of sp³-hybridized carbons (Fsp3) is 0.538.